The van der Waals surface area contributed by atoms with E-state index in [4.69, 9.17) is 21.1 Å². The number of benzene rings is 1. The highest BCUT2D eigenvalue weighted by Gasteiger charge is 2.18. The topological polar surface area (TPSA) is 171 Å². The van der Waals surface area contributed by atoms with Gasteiger partial charge < -0.3 is 15.9 Å². The van der Waals surface area contributed by atoms with E-state index in [2.05, 4.69) is 20.1 Å². The van der Waals surface area contributed by atoms with E-state index in [1.807, 2.05) is 6.07 Å². The predicted octanol–water partition coefficient (Wildman–Crippen LogP) is 1.08. The van der Waals surface area contributed by atoms with Gasteiger partial charge in [-0.05, 0) is 24.6 Å². The Morgan fingerprint density at radius 2 is 2.15 bits per heavy atom. The van der Waals surface area contributed by atoms with Crippen LogP contribution in [0.5, 0.6) is 0 Å². The van der Waals surface area contributed by atoms with Crippen molar-refractivity contribution >= 4 is 39.9 Å². The number of nitrogens with one attached hydrogen (secondary N) is 1. The summed E-state index contributed by atoms with van der Waals surface area (Å²) in [5, 5.41) is 13.8. The molecule has 0 fully saturated rings. The normalized spacial score (nSPS) is 11.3. The van der Waals surface area contributed by atoms with Crippen LogP contribution in [-0.2, 0) is 11.3 Å². The third kappa shape index (κ3) is 3.00. The highest BCUT2D eigenvalue weighted by atomic mass is 16.5. The van der Waals surface area contributed by atoms with Crippen molar-refractivity contribution in [3.8, 4) is 11.3 Å². The van der Waals surface area contributed by atoms with Crippen molar-refractivity contribution in [3.63, 3.8) is 0 Å². The van der Waals surface area contributed by atoms with Crippen molar-refractivity contribution in [1.29, 1.82) is 0 Å². The molecule has 0 radical (unpaired) electrons. The first-order valence-corrected chi connectivity index (χ1v) is 8.13. The summed E-state index contributed by atoms with van der Waals surface area (Å²) in [6.07, 6.45) is 1.98. The first-order valence-electron chi connectivity index (χ1n) is 8.13. The summed E-state index contributed by atoms with van der Waals surface area (Å²) in [6.45, 7) is 0.416. The first-order chi connectivity index (χ1) is 13.1. The number of anilines is 2. The van der Waals surface area contributed by atoms with E-state index in [1.54, 1.807) is 22.3 Å². The van der Waals surface area contributed by atoms with E-state index < -0.39 is 5.91 Å². The quantitative estimate of drug-likeness (QED) is 0.297. The number of nitrogen functional groups attached to an aromatic ring is 2. The zero-order valence-corrected chi connectivity index (χ0v) is 14.1. The maximum Gasteiger partial charge on any atom is 0.292 e. The molecule has 0 aliphatic rings. The van der Waals surface area contributed by atoms with Crippen molar-refractivity contribution in [1.82, 2.24) is 30.2 Å². The molecule has 0 saturated heterocycles. The van der Waals surface area contributed by atoms with Crippen LogP contribution in [0.3, 0.4) is 0 Å². The van der Waals surface area contributed by atoms with Gasteiger partial charge >= 0.3 is 0 Å². The largest absolute Gasteiger partial charge is 0.424 e. The molecule has 0 atom stereocenters. The Morgan fingerprint density at radius 1 is 1.30 bits per heavy atom. The number of fused-ring (bicyclic) bond motifs is 2. The Morgan fingerprint density at radius 3 is 2.96 bits per heavy atom. The molecule has 11 nitrogen and oxygen atoms in total. The lowest BCUT2D eigenvalue weighted by molar-refractivity contribution is -0.129. The van der Waals surface area contributed by atoms with Gasteiger partial charge in [-0.15, -0.1) is 0 Å². The molecule has 0 unspecified atom stereocenters. The van der Waals surface area contributed by atoms with Gasteiger partial charge in [0.2, 0.25) is 5.91 Å². The fourth-order valence-electron chi connectivity index (χ4n) is 2.93. The lowest BCUT2D eigenvalue weighted by Gasteiger charge is -2.02. The minimum atomic E-state index is -0.463. The lowest BCUT2D eigenvalue weighted by Crippen LogP contribution is -2.18. The van der Waals surface area contributed by atoms with E-state index in [9.17, 15) is 4.79 Å². The highest BCUT2D eigenvalue weighted by Crippen LogP contribution is 2.32. The van der Waals surface area contributed by atoms with Crippen LogP contribution in [0.25, 0.3) is 33.4 Å². The number of aromatic nitrogens is 5. The van der Waals surface area contributed by atoms with Crippen LogP contribution in [-0.4, -0.2) is 35.8 Å². The molecule has 6 N–H and O–H groups in total. The van der Waals surface area contributed by atoms with E-state index in [1.165, 1.54) is 6.33 Å². The maximum atomic E-state index is 11.2. The van der Waals surface area contributed by atoms with Crippen LogP contribution >= 0.6 is 0 Å². The Kier molecular flexibility index (Phi) is 4.05. The summed E-state index contributed by atoms with van der Waals surface area (Å²) >= 11 is 0. The molecule has 0 aliphatic carbocycles. The van der Waals surface area contributed by atoms with Gasteiger partial charge in [0.15, 0.2) is 11.2 Å². The van der Waals surface area contributed by atoms with Crippen molar-refractivity contribution < 1.29 is 14.4 Å². The van der Waals surface area contributed by atoms with Crippen LogP contribution in [0.15, 0.2) is 28.9 Å². The van der Waals surface area contributed by atoms with Gasteiger partial charge in [0.1, 0.15) is 23.4 Å². The summed E-state index contributed by atoms with van der Waals surface area (Å²) < 4.78 is 6.96. The Hall–Kier alpha value is -3.73. The molecule has 1 aromatic carbocycles. The molecule has 1 amide bonds. The highest BCUT2D eigenvalue weighted by molar-refractivity contribution is 5.99. The number of carbonyl (C=O) groups is 1. The van der Waals surface area contributed by atoms with Crippen molar-refractivity contribution in [2.24, 2.45) is 0 Å². The van der Waals surface area contributed by atoms with E-state index in [0.717, 1.165) is 5.56 Å². The first kappa shape index (κ1) is 16.7. The van der Waals surface area contributed by atoms with Gasteiger partial charge in [-0.25, -0.2) is 20.1 Å². The molecule has 0 bridgehead atoms. The summed E-state index contributed by atoms with van der Waals surface area (Å²) in [4.78, 5) is 23.7. The number of carbonyl (C=O) groups excluding carboxylic acids is 1. The Bertz CT molecular complexity index is 1150. The van der Waals surface area contributed by atoms with E-state index in [-0.39, 0.29) is 12.4 Å². The number of oxazole rings is 1. The predicted molar refractivity (Wildman–Crippen MR) is 96.3 cm³/mol. The van der Waals surface area contributed by atoms with Crippen LogP contribution < -0.4 is 16.9 Å². The number of nitrogens with two attached hydrogens (primary N) is 2. The second-order valence-corrected chi connectivity index (χ2v) is 5.90. The monoisotopic (exact) mass is 368 g/mol. The van der Waals surface area contributed by atoms with Crippen molar-refractivity contribution in [2.75, 3.05) is 11.5 Å². The molecule has 3 aromatic heterocycles. The van der Waals surface area contributed by atoms with Crippen LogP contribution in [0.1, 0.15) is 12.8 Å². The van der Waals surface area contributed by atoms with Crippen LogP contribution in [0.4, 0.5) is 11.8 Å². The van der Waals surface area contributed by atoms with Gasteiger partial charge in [0.25, 0.3) is 6.01 Å². The SMILES string of the molecule is Nc1nc2cc(-c3nn(CCCC(=O)NO)c4ncnc(N)c34)ccc2o1. The number of aryl methyl sites for hydroxylation is 1. The average Bonchev–Trinajstić information content (AvgIpc) is 3.21. The summed E-state index contributed by atoms with van der Waals surface area (Å²) in [5.74, 6) is -0.163. The minimum Gasteiger partial charge on any atom is -0.424 e. The molecule has 0 spiro atoms. The van der Waals surface area contributed by atoms with Crippen LogP contribution in [0, 0.1) is 0 Å². The Balaban J connectivity index is 1.78. The summed E-state index contributed by atoms with van der Waals surface area (Å²) in [5.41, 5.74) is 16.4. The maximum absolute atomic E-state index is 11.2. The molecule has 27 heavy (non-hydrogen) atoms. The third-order valence-corrected chi connectivity index (χ3v) is 4.13. The van der Waals surface area contributed by atoms with Gasteiger partial charge in [-0.2, -0.15) is 10.1 Å². The fourth-order valence-corrected chi connectivity index (χ4v) is 2.93. The molecule has 0 aliphatic heterocycles. The second-order valence-electron chi connectivity index (χ2n) is 5.90. The van der Waals surface area contributed by atoms with Crippen molar-refractivity contribution in [3.05, 3.63) is 24.5 Å². The number of nitrogens with zero attached hydrogens (tertiary/aromatic N) is 5. The molecule has 3 heterocycles. The Labute approximate surface area is 152 Å². The number of hydrogen-bond acceptors (Lipinski definition) is 9. The zero-order valence-electron chi connectivity index (χ0n) is 14.1. The van der Waals surface area contributed by atoms with Gasteiger partial charge in [0, 0.05) is 18.5 Å². The minimum absolute atomic E-state index is 0.0857. The molecule has 4 aromatic rings. The van der Waals surface area contributed by atoms with Crippen LogP contribution in [0.2, 0.25) is 0 Å². The number of amides is 1. The third-order valence-electron chi connectivity index (χ3n) is 4.13. The number of hydrogen-bond donors (Lipinski definition) is 4. The molecule has 138 valence electrons. The van der Waals surface area contributed by atoms with Gasteiger partial charge in [-0.1, -0.05) is 0 Å². The zero-order chi connectivity index (χ0) is 19.0. The molecule has 0 saturated carbocycles. The van der Waals surface area contributed by atoms with E-state index in [0.29, 0.717) is 46.6 Å². The second kappa shape index (κ2) is 6.53. The summed E-state index contributed by atoms with van der Waals surface area (Å²) in [7, 11) is 0. The molecular formula is C16H16N8O3. The van der Waals surface area contributed by atoms with Gasteiger partial charge in [-0.3, -0.25) is 10.0 Å². The smallest absolute Gasteiger partial charge is 0.292 e. The molecular weight excluding hydrogens is 352 g/mol. The standard InChI is InChI=1S/C16H16N8O3/c17-14-12-13(8-3-4-10-9(6-8)21-16(18)27-10)22-24(15(12)20-7-19-14)5-1-2-11(25)23-26/h3-4,6-7,26H,1-2,5H2,(H2,18,21)(H,23,25)(H2,17,19,20). The molecule has 4 rings (SSSR count). The van der Waals surface area contributed by atoms with Gasteiger partial charge in [0.05, 0.1) is 5.39 Å². The van der Waals surface area contributed by atoms with E-state index >= 15 is 0 Å². The average molecular weight is 368 g/mol. The number of rotatable bonds is 5. The molecule has 11 heteroatoms. The van der Waals surface area contributed by atoms with Crippen molar-refractivity contribution in [2.45, 2.75) is 19.4 Å². The number of hydroxylamine groups is 1. The lowest BCUT2D eigenvalue weighted by atomic mass is 10.1. The fraction of sp³-hybridized carbons (Fsp3) is 0.188. The summed E-state index contributed by atoms with van der Waals surface area (Å²) in [6, 6.07) is 5.46.